The molecule has 3 atom stereocenters. The summed E-state index contributed by atoms with van der Waals surface area (Å²) in [5.41, 5.74) is 0.880. The van der Waals surface area contributed by atoms with Crippen LogP contribution in [0, 0.1) is 16.7 Å². The Kier molecular flexibility index (Phi) is 6.98. The molecular formula is C20H24ClN3O3. The average Bonchev–Trinajstić information content (AvgIpc) is 3.03. The van der Waals surface area contributed by atoms with Crippen LogP contribution in [0.1, 0.15) is 51.1 Å². The number of amides is 1. The Labute approximate surface area is 164 Å². The Morgan fingerprint density at radius 2 is 2.07 bits per heavy atom. The fraction of sp³-hybridized carbons (Fsp3) is 0.500. The number of halogens is 1. The molecule has 1 aliphatic rings. The van der Waals surface area contributed by atoms with E-state index in [1.54, 1.807) is 0 Å². The zero-order chi connectivity index (χ0) is 20.0. The summed E-state index contributed by atoms with van der Waals surface area (Å²) in [4.78, 5) is 28.4. The van der Waals surface area contributed by atoms with Crippen LogP contribution in [0.25, 0.3) is 0 Å². The third kappa shape index (κ3) is 5.08. The first kappa shape index (κ1) is 20.9. The number of rotatable bonds is 6. The third-order valence-electron chi connectivity index (χ3n) is 4.90. The van der Waals surface area contributed by atoms with Crippen LogP contribution in [0.15, 0.2) is 29.3 Å². The molecule has 0 radical (unpaired) electrons. The van der Waals surface area contributed by atoms with Crippen molar-refractivity contribution in [3.63, 3.8) is 0 Å². The van der Waals surface area contributed by atoms with E-state index < -0.39 is 17.4 Å². The summed E-state index contributed by atoms with van der Waals surface area (Å²) in [6.45, 7) is 3.30. The molecule has 0 saturated heterocycles. The topological polar surface area (TPSA) is 91.6 Å². The lowest BCUT2D eigenvalue weighted by atomic mass is 9.79. The first-order valence-electron chi connectivity index (χ1n) is 8.90. The van der Waals surface area contributed by atoms with Gasteiger partial charge in [-0.3, -0.25) is 9.79 Å². The van der Waals surface area contributed by atoms with Gasteiger partial charge in [0.25, 0.3) is 0 Å². The quantitative estimate of drug-likeness (QED) is 0.752. The van der Waals surface area contributed by atoms with Crippen molar-refractivity contribution in [1.29, 1.82) is 5.26 Å². The van der Waals surface area contributed by atoms with Crippen LogP contribution in [-0.2, 0) is 14.3 Å². The van der Waals surface area contributed by atoms with Gasteiger partial charge in [-0.05, 0) is 43.9 Å². The van der Waals surface area contributed by atoms with Gasteiger partial charge in [0.15, 0.2) is 0 Å². The summed E-state index contributed by atoms with van der Waals surface area (Å²) in [5, 5.41) is 13.2. The maximum Gasteiger partial charge on any atom is 0.328 e. The number of aliphatic imine (C=N–C) groups is 1. The van der Waals surface area contributed by atoms with Gasteiger partial charge in [-0.25, -0.2) is 4.79 Å². The molecule has 2 rings (SSSR count). The van der Waals surface area contributed by atoms with Crippen LogP contribution < -0.4 is 5.32 Å². The van der Waals surface area contributed by atoms with Gasteiger partial charge in [-0.1, -0.05) is 23.7 Å². The predicted octanol–water partition coefficient (Wildman–Crippen LogP) is 3.60. The minimum Gasteiger partial charge on any atom is -0.467 e. The summed E-state index contributed by atoms with van der Waals surface area (Å²) in [7, 11) is 1.27. The van der Waals surface area contributed by atoms with Crippen LogP contribution in [0.5, 0.6) is 0 Å². The number of nitrogens with zero attached hydrogens (tertiary/aromatic N) is 2. The van der Waals surface area contributed by atoms with Crippen molar-refractivity contribution in [3.8, 4) is 6.07 Å². The minimum atomic E-state index is -0.887. The number of benzene rings is 1. The predicted molar refractivity (Wildman–Crippen MR) is 103 cm³/mol. The number of carbonyl (C=O) groups excluding carboxylic acids is 2. The molecule has 0 heterocycles. The molecule has 27 heavy (non-hydrogen) atoms. The number of hydrogen-bond acceptors (Lipinski definition) is 5. The molecule has 1 aromatic rings. The maximum absolute atomic E-state index is 12.1. The molecule has 1 amide bonds. The third-order valence-corrected chi connectivity index (χ3v) is 5.15. The fourth-order valence-electron chi connectivity index (χ4n) is 3.49. The SMILES string of the molecule is COC(=O)[C@H](C[C@@]1(C#N)CCCC1=N[C@@H](C)c1ccc(Cl)cc1)NC(C)=O. The molecule has 0 aromatic heterocycles. The molecule has 144 valence electrons. The van der Waals surface area contributed by atoms with E-state index in [-0.39, 0.29) is 18.4 Å². The molecule has 7 heteroatoms. The Balaban J connectivity index is 2.30. The first-order chi connectivity index (χ1) is 12.8. The van der Waals surface area contributed by atoms with E-state index in [0.717, 1.165) is 17.7 Å². The number of nitrogens with one attached hydrogen (secondary N) is 1. The van der Waals surface area contributed by atoms with Crippen molar-refractivity contribution < 1.29 is 14.3 Å². The van der Waals surface area contributed by atoms with Gasteiger partial charge in [0.2, 0.25) is 5.91 Å². The van der Waals surface area contributed by atoms with E-state index in [0.29, 0.717) is 17.9 Å². The van der Waals surface area contributed by atoms with Crippen molar-refractivity contribution in [2.45, 2.75) is 51.6 Å². The van der Waals surface area contributed by atoms with Crippen LogP contribution in [0.3, 0.4) is 0 Å². The van der Waals surface area contributed by atoms with E-state index in [1.165, 1.54) is 14.0 Å². The van der Waals surface area contributed by atoms with E-state index in [9.17, 15) is 14.9 Å². The van der Waals surface area contributed by atoms with Crippen LogP contribution >= 0.6 is 11.6 Å². The second-order valence-electron chi connectivity index (χ2n) is 6.83. The number of nitriles is 1. The van der Waals surface area contributed by atoms with E-state index in [2.05, 4.69) is 11.4 Å². The summed E-state index contributed by atoms with van der Waals surface area (Å²) in [6.07, 6.45) is 2.26. The second kappa shape index (κ2) is 9.01. The van der Waals surface area contributed by atoms with Crippen molar-refractivity contribution >= 4 is 29.2 Å². The standard InChI is InChI=1S/C20H24ClN3O3/c1-13(15-6-8-16(21)9-7-15)23-18-5-4-10-20(18,12-22)11-17(19(26)27-3)24-14(2)25/h6-9,13,17H,4-5,10-11H2,1-3H3,(H,24,25)/t13-,17-,20+/m0/s1. The lowest BCUT2D eigenvalue weighted by Gasteiger charge is -2.27. The first-order valence-corrected chi connectivity index (χ1v) is 9.28. The summed E-state index contributed by atoms with van der Waals surface area (Å²) in [6, 6.07) is 8.79. The molecule has 1 aliphatic carbocycles. The van der Waals surface area contributed by atoms with E-state index in [1.807, 2.05) is 31.2 Å². The summed E-state index contributed by atoms with van der Waals surface area (Å²) < 4.78 is 4.79. The molecule has 0 spiro atoms. The van der Waals surface area contributed by atoms with Crippen LogP contribution in [0.2, 0.25) is 5.02 Å². The number of hydrogen-bond donors (Lipinski definition) is 1. The second-order valence-corrected chi connectivity index (χ2v) is 7.27. The summed E-state index contributed by atoms with van der Waals surface area (Å²) >= 11 is 5.94. The summed E-state index contributed by atoms with van der Waals surface area (Å²) in [5.74, 6) is -0.902. The molecule has 1 fully saturated rings. The monoisotopic (exact) mass is 389 g/mol. The Bertz CT molecular complexity index is 770. The zero-order valence-electron chi connectivity index (χ0n) is 15.8. The van der Waals surface area contributed by atoms with Crippen molar-refractivity contribution in [1.82, 2.24) is 5.32 Å². The van der Waals surface area contributed by atoms with Gasteiger partial charge >= 0.3 is 5.97 Å². The lowest BCUT2D eigenvalue weighted by molar-refractivity contribution is -0.145. The van der Waals surface area contributed by atoms with Gasteiger partial charge in [0.05, 0.1) is 24.6 Å². The Hall–Kier alpha value is -2.39. The average molecular weight is 390 g/mol. The highest BCUT2D eigenvalue weighted by Crippen LogP contribution is 2.41. The molecular weight excluding hydrogens is 366 g/mol. The van der Waals surface area contributed by atoms with Crippen molar-refractivity contribution in [2.24, 2.45) is 10.4 Å². The molecule has 1 saturated carbocycles. The van der Waals surface area contributed by atoms with Gasteiger partial charge in [-0.15, -0.1) is 0 Å². The normalized spacial score (nSPS) is 22.7. The molecule has 0 aliphatic heterocycles. The number of carbonyl (C=O) groups is 2. The van der Waals surface area contributed by atoms with Gasteiger partial charge in [-0.2, -0.15) is 5.26 Å². The Morgan fingerprint density at radius 1 is 1.41 bits per heavy atom. The fourth-order valence-corrected chi connectivity index (χ4v) is 3.62. The highest BCUT2D eigenvalue weighted by molar-refractivity contribution is 6.30. The van der Waals surface area contributed by atoms with Gasteiger partial charge < -0.3 is 10.1 Å². The van der Waals surface area contributed by atoms with Crippen LogP contribution in [0.4, 0.5) is 0 Å². The van der Waals surface area contributed by atoms with Gasteiger partial charge in [0.1, 0.15) is 6.04 Å². The van der Waals surface area contributed by atoms with E-state index in [4.69, 9.17) is 21.3 Å². The molecule has 1 N–H and O–H groups in total. The molecule has 6 nitrogen and oxygen atoms in total. The van der Waals surface area contributed by atoms with Crippen molar-refractivity contribution in [2.75, 3.05) is 7.11 Å². The highest BCUT2D eigenvalue weighted by Gasteiger charge is 2.44. The smallest absolute Gasteiger partial charge is 0.328 e. The van der Waals surface area contributed by atoms with E-state index >= 15 is 0 Å². The number of esters is 1. The van der Waals surface area contributed by atoms with Gasteiger partial charge in [0, 0.05) is 24.1 Å². The van der Waals surface area contributed by atoms with Crippen LogP contribution in [-0.4, -0.2) is 30.7 Å². The van der Waals surface area contributed by atoms with Crippen molar-refractivity contribution in [3.05, 3.63) is 34.9 Å². The highest BCUT2D eigenvalue weighted by atomic mass is 35.5. The molecule has 0 bridgehead atoms. The lowest BCUT2D eigenvalue weighted by Crippen LogP contribution is -2.45. The minimum absolute atomic E-state index is 0.138. The number of ether oxygens (including phenoxy) is 1. The molecule has 0 unspecified atom stereocenters. The maximum atomic E-state index is 12.1. The number of methoxy groups -OCH3 is 1. The molecule has 1 aromatic carbocycles. The zero-order valence-corrected chi connectivity index (χ0v) is 16.5. The largest absolute Gasteiger partial charge is 0.467 e. The Morgan fingerprint density at radius 3 is 2.63 bits per heavy atom.